The smallest absolute Gasteiger partial charge is 0.258 e. The van der Waals surface area contributed by atoms with Crippen molar-refractivity contribution in [3.05, 3.63) is 53.3 Å². The molecule has 5 heterocycles. The van der Waals surface area contributed by atoms with Gasteiger partial charge in [0.2, 0.25) is 0 Å². The lowest BCUT2D eigenvalue weighted by atomic mass is 9.79. The van der Waals surface area contributed by atoms with Crippen LogP contribution in [0.2, 0.25) is 5.02 Å². The summed E-state index contributed by atoms with van der Waals surface area (Å²) in [7, 11) is 0. The molecule has 0 unspecified atom stereocenters. The molecule has 10 heteroatoms. The Labute approximate surface area is 194 Å². The first-order chi connectivity index (χ1) is 15.5. The van der Waals surface area contributed by atoms with Crippen LogP contribution in [0, 0.1) is 0 Å². The van der Waals surface area contributed by atoms with Crippen molar-refractivity contribution in [2.24, 2.45) is 5.73 Å². The Morgan fingerprint density at radius 2 is 2.09 bits per heavy atom. The van der Waals surface area contributed by atoms with Gasteiger partial charge in [-0.3, -0.25) is 0 Å². The lowest BCUT2D eigenvalue weighted by Crippen LogP contribution is -2.58. The minimum atomic E-state index is -0.410. The third kappa shape index (κ3) is 3.07. The van der Waals surface area contributed by atoms with Gasteiger partial charge in [-0.25, -0.2) is 15.0 Å². The quantitative estimate of drug-likeness (QED) is 0.583. The van der Waals surface area contributed by atoms with Crippen molar-refractivity contribution in [2.75, 3.05) is 23.8 Å². The van der Waals surface area contributed by atoms with Crippen LogP contribution in [0.5, 0.6) is 11.6 Å². The van der Waals surface area contributed by atoms with E-state index in [0.717, 1.165) is 41.4 Å². The standard InChI is InChI=1S/C22H21ClN6O2S/c23-17-15(5-7-26-19(17)25)32-16-10-27-20-21(28-16)30-11-12-9-22(6-8-29(12)20)18(24)13-3-1-2-4-14(13)31-22/h1-5,7,10,12,18H,6,8-9,11,24H2,(H2,25,26)/t12-,18-,22-/m1/s1. The van der Waals surface area contributed by atoms with Gasteiger partial charge in [0, 0.05) is 36.0 Å². The number of aromatic nitrogens is 3. The van der Waals surface area contributed by atoms with E-state index in [4.69, 9.17) is 32.5 Å². The molecule has 1 aromatic carbocycles. The molecule has 3 aliphatic rings. The van der Waals surface area contributed by atoms with E-state index in [9.17, 15) is 0 Å². The second kappa shape index (κ2) is 7.40. The molecule has 2 aromatic heterocycles. The van der Waals surface area contributed by atoms with Crippen LogP contribution in [-0.2, 0) is 0 Å². The van der Waals surface area contributed by atoms with Crippen molar-refractivity contribution in [3.63, 3.8) is 0 Å². The van der Waals surface area contributed by atoms with Crippen LogP contribution in [-0.4, -0.2) is 39.7 Å². The Bertz CT molecular complexity index is 1210. The number of pyridine rings is 1. The molecule has 1 saturated heterocycles. The van der Waals surface area contributed by atoms with Gasteiger partial charge in [0.25, 0.3) is 5.88 Å². The lowest BCUT2D eigenvalue weighted by Gasteiger charge is -2.48. The third-order valence-corrected chi connectivity index (χ3v) is 7.89. The first-order valence-electron chi connectivity index (χ1n) is 10.4. The molecule has 8 nitrogen and oxygen atoms in total. The molecule has 0 aliphatic carbocycles. The number of anilines is 2. The lowest BCUT2D eigenvalue weighted by molar-refractivity contribution is 0.0188. The van der Waals surface area contributed by atoms with E-state index in [-0.39, 0.29) is 12.1 Å². The van der Waals surface area contributed by atoms with Gasteiger partial charge in [0.15, 0.2) is 5.82 Å². The molecule has 6 rings (SSSR count). The number of benzene rings is 1. The Morgan fingerprint density at radius 3 is 2.97 bits per heavy atom. The normalized spacial score (nSPS) is 25.5. The summed E-state index contributed by atoms with van der Waals surface area (Å²) in [6.45, 7) is 1.28. The summed E-state index contributed by atoms with van der Waals surface area (Å²) in [5.41, 5.74) is 13.1. The molecule has 0 amide bonds. The summed E-state index contributed by atoms with van der Waals surface area (Å²) >= 11 is 7.64. The van der Waals surface area contributed by atoms with Crippen molar-refractivity contribution in [1.82, 2.24) is 15.0 Å². The highest BCUT2D eigenvalue weighted by atomic mass is 35.5. The number of nitrogen functional groups attached to an aromatic ring is 1. The van der Waals surface area contributed by atoms with Gasteiger partial charge < -0.3 is 25.8 Å². The fraction of sp³-hybridized carbons (Fsp3) is 0.318. The number of para-hydroxylation sites is 1. The van der Waals surface area contributed by atoms with Crippen LogP contribution < -0.4 is 25.8 Å². The Kier molecular flexibility index (Phi) is 4.60. The highest BCUT2D eigenvalue weighted by molar-refractivity contribution is 7.99. The predicted octanol–water partition coefficient (Wildman–Crippen LogP) is 3.45. The Morgan fingerprint density at radius 1 is 1.22 bits per heavy atom. The molecule has 4 N–H and O–H groups in total. The maximum absolute atomic E-state index is 6.65. The number of rotatable bonds is 2. The minimum absolute atomic E-state index is 0.124. The van der Waals surface area contributed by atoms with Crippen molar-refractivity contribution in [1.29, 1.82) is 0 Å². The maximum Gasteiger partial charge on any atom is 0.258 e. The second-order valence-corrected chi connectivity index (χ2v) is 9.68. The molecular formula is C22H21ClN6O2S. The first-order valence-corrected chi connectivity index (χ1v) is 11.6. The maximum atomic E-state index is 6.65. The van der Waals surface area contributed by atoms with E-state index in [0.29, 0.717) is 28.4 Å². The van der Waals surface area contributed by atoms with E-state index in [1.54, 1.807) is 18.5 Å². The Hall–Kier alpha value is -2.75. The third-order valence-electron chi connectivity index (χ3n) is 6.41. The molecular weight excluding hydrogens is 448 g/mol. The predicted molar refractivity (Wildman–Crippen MR) is 122 cm³/mol. The molecule has 0 radical (unpaired) electrons. The molecule has 0 saturated carbocycles. The summed E-state index contributed by atoms with van der Waals surface area (Å²) in [6, 6.07) is 9.82. The highest BCUT2D eigenvalue weighted by Crippen LogP contribution is 2.50. The van der Waals surface area contributed by atoms with Crippen LogP contribution in [0.4, 0.5) is 11.6 Å². The van der Waals surface area contributed by atoms with E-state index in [1.165, 1.54) is 11.8 Å². The first kappa shape index (κ1) is 19.9. The molecule has 3 aliphatic heterocycles. The number of hydrogen-bond donors (Lipinski definition) is 2. The van der Waals surface area contributed by atoms with E-state index in [2.05, 4.69) is 25.9 Å². The number of halogens is 1. The average Bonchev–Trinajstić information content (AvgIpc) is 3.07. The topological polar surface area (TPSA) is 112 Å². The van der Waals surface area contributed by atoms with Crippen molar-refractivity contribution < 1.29 is 9.47 Å². The van der Waals surface area contributed by atoms with Crippen LogP contribution in [0.15, 0.2) is 52.6 Å². The van der Waals surface area contributed by atoms with E-state index in [1.807, 2.05) is 18.2 Å². The van der Waals surface area contributed by atoms with Gasteiger partial charge >= 0.3 is 0 Å². The second-order valence-electron chi connectivity index (χ2n) is 8.24. The van der Waals surface area contributed by atoms with E-state index < -0.39 is 5.60 Å². The van der Waals surface area contributed by atoms with Crippen LogP contribution in [0.3, 0.4) is 0 Å². The van der Waals surface area contributed by atoms with Crippen LogP contribution in [0.25, 0.3) is 0 Å². The van der Waals surface area contributed by atoms with Crippen molar-refractivity contribution in [2.45, 2.75) is 40.4 Å². The van der Waals surface area contributed by atoms with E-state index >= 15 is 0 Å². The zero-order valence-corrected chi connectivity index (χ0v) is 18.6. The van der Waals surface area contributed by atoms with Gasteiger partial charge in [0.1, 0.15) is 28.8 Å². The molecule has 32 heavy (non-hydrogen) atoms. The fourth-order valence-electron chi connectivity index (χ4n) is 4.80. The largest absolute Gasteiger partial charge is 0.485 e. The summed E-state index contributed by atoms with van der Waals surface area (Å²) in [6.07, 6.45) is 4.93. The average molecular weight is 469 g/mol. The number of nitrogens with two attached hydrogens (primary N) is 2. The highest BCUT2D eigenvalue weighted by Gasteiger charge is 2.52. The van der Waals surface area contributed by atoms with Crippen LogP contribution >= 0.6 is 23.4 Å². The zero-order valence-electron chi connectivity index (χ0n) is 17.1. The summed E-state index contributed by atoms with van der Waals surface area (Å²) < 4.78 is 12.5. The zero-order chi connectivity index (χ0) is 21.9. The molecule has 3 atom stereocenters. The number of hydrogen-bond acceptors (Lipinski definition) is 9. The minimum Gasteiger partial charge on any atom is -0.485 e. The Balaban J connectivity index is 1.23. The van der Waals surface area contributed by atoms with Gasteiger partial charge in [0.05, 0.1) is 23.3 Å². The summed E-state index contributed by atoms with van der Waals surface area (Å²) in [5.74, 6) is 2.46. The number of fused-ring (bicyclic) bond motifs is 4. The summed E-state index contributed by atoms with van der Waals surface area (Å²) in [5, 5.41) is 1.09. The summed E-state index contributed by atoms with van der Waals surface area (Å²) in [4.78, 5) is 16.4. The number of nitrogens with zero attached hydrogens (tertiary/aromatic N) is 4. The number of ether oxygens (including phenoxy) is 2. The SMILES string of the molecule is Nc1nccc(Sc2cnc3c(n2)OC[C@H]2C[C@@]4(CCN32)Oc2ccccc2[C@H]4N)c1Cl. The van der Waals surface area contributed by atoms with Crippen molar-refractivity contribution in [3.8, 4) is 11.6 Å². The van der Waals surface area contributed by atoms with Gasteiger partial charge in [-0.05, 0) is 12.1 Å². The molecule has 164 valence electrons. The number of piperidine rings is 1. The van der Waals surface area contributed by atoms with Crippen LogP contribution in [0.1, 0.15) is 24.4 Å². The van der Waals surface area contributed by atoms with Gasteiger partial charge in [-0.1, -0.05) is 41.6 Å². The molecule has 0 bridgehead atoms. The monoisotopic (exact) mass is 468 g/mol. The van der Waals surface area contributed by atoms with Gasteiger partial charge in [-0.15, -0.1) is 0 Å². The molecule has 3 aromatic rings. The van der Waals surface area contributed by atoms with Gasteiger partial charge in [-0.2, -0.15) is 0 Å². The molecule has 1 spiro atoms. The van der Waals surface area contributed by atoms with Crippen molar-refractivity contribution >= 4 is 35.0 Å². The fourth-order valence-corrected chi connectivity index (χ4v) is 5.81. The molecule has 1 fully saturated rings.